The Hall–Kier alpha value is -1.94. The molecule has 2 fully saturated rings. The van der Waals surface area contributed by atoms with E-state index in [9.17, 15) is 9.59 Å². The molecular weight excluding hydrogens is 422 g/mol. The molecule has 5 atom stereocenters. The number of fused-ring (bicyclic) bond motifs is 4. The number of allylic oxidation sites excluding steroid dienone is 7. The molecular formula is C30H41NO3. The van der Waals surface area contributed by atoms with Crippen LogP contribution in [0.5, 0.6) is 0 Å². The van der Waals surface area contributed by atoms with Crippen LogP contribution in [-0.4, -0.2) is 42.7 Å². The van der Waals surface area contributed by atoms with Gasteiger partial charge in [0, 0.05) is 24.8 Å². The van der Waals surface area contributed by atoms with Gasteiger partial charge in [-0.25, -0.2) is 0 Å². The van der Waals surface area contributed by atoms with E-state index in [-0.39, 0.29) is 11.2 Å². The van der Waals surface area contributed by atoms with Crippen molar-refractivity contribution in [3.8, 4) is 0 Å². The fourth-order valence-electron chi connectivity index (χ4n) is 7.73. The summed E-state index contributed by atoms with van der Waals surface area (Å²) in [5.41, 5.74) is 4.23. The van der Waals surface area contributed by atoms with Gasteiger partial charge in [-0.3, -0.25) is 9.59 Å². The second-order valence-corrected chi connectivity index (χ2v) is 11.3. The SMILES string of the molecule is CCN(CC)CCOC1=CCC([C@@H]2C[C@]3(C)C(=O)CCC3C3CCC4=CC(=O)CCC4=C32)C=C1. The van der Waals surface area contributed by atoms with E-state index >= 15 is 0 Å². The summed E-state index contributed by atoms with van der Waals surface area (Å²) in [4.78, 5) is 27.6. The van der Waals surface area contributed by atoms with Crippen molar-refractivity contribution in [2.75, 3.05) is 26.2 Å². The Balaban J connectivity index is 1.38. The highest BCUT2D eigenvalue weighted by Gasteiger charge is 2.57. The Kier molecular flexibility index (Phi) is 6.72. The molecule has 0 radical (unpaired) electrons. The van der Waals surface area contributed by atoms with Crippen LogP contribution < -0.4 is 0 Å². The van der Waals surface area contributed by atoms with Crippen LogP contribution >= 0.6 is 0 Å². The van der Waals surface area contributed by atoms with Crippen molar-refractivity contribution in [2.45, 2.75) is 72.1 Å². The van der Waals surface area contributed by atoms with Crippen molar-refractivity contribution in [1.82, 2.24) is 4.90 Å². The summed E-state index contributed by atoms with van der Waals surface area (Å²) in [5.74, 6) is 3.57. The predicted octanol–water partition coefficient (Wildman–Crippen LogP) is 5.81. The van der Waals surface area contributed by atoms with Crippen LogP contribution in [-0.2, 0) is 14.3 Å². The van der Waals surface area contributed by atoms with E-state index in [0.717, 1.165) is 76.9 Å². The largest absolute Gasteiger partial charge is 0.493 e. The lowest BCUT2D eigenvalue weighted by Gasteiger charge is -2.51. The third-order valence-corrected chi connectivity index (χ3v) is 9.67. The number of likely N-dealkylation sites (N-methyl/N-ethyl adjacent to an activating group) is 1. The van der Waals surface area contributed by atoms with Gasteiger partial charge >= 0.3 is 0 Å². The maximum absolute atomic E-state index is 13.1. The molecule has 0 amide bonds. The maximum Gasteiger partial charge on any atom is 0.156 e. The van der Waals surface area contributed by atoms with E-state index in [1.165, 1.54) is 11.1 Å². The van der Waals surface area contributed by atoms with Crippen molar-refractivity contribution < 1.29 is 14.3 Å². The van der Waals surface area contributed by atoms with Crippen molar-refractivity contribution in [3.05, 3.63) is 46.8 Å². The van der Waals surface area contributed by atoms with Gasteiger partial charge in [-0.2, -0.15) is 0 Å². The number of hydrogen-bond acceptors (Lipinski definition) is 4. The average Bonchev–Trinajstić information content (AvgIpc) is 3.15. The van der Waals surface area contributed by atoms with Gasteiger partial charge < -0.3 is 9.64 Å². The first kappa shape index (κ1) is 23.8. The first-order valence-corrected chi connectivity index (χ1v) is 13.7. The summed E-state index contributed by atoms with van der Waals surface area (Å²) in [7, 11) is 0. The standard InChI is InChI=1S/C30H41NO3/c1-4-31(5-2)16-17-34-23-10-6-20(7-11-23)26-19-30(3)27(14-15-28(30)33)25-12-8-21-18-22(32)9-13-24(21)29(25)26/h6,10-11,18,20,25-27H,4-5,7-9,12-17,19H2,1-3H3/t20?,25?,26-,27?,30-/m0/s1. The van der Waals surface area contributed by atoms with E-state index in [1.54, 1.807) is 5.57 Å². The quantitative estimate of drug-likeness (QED) is 0.478. The summed E-state index contributed by atoms with van der Waals surface area (Å²) in [6, 6.07) is 0. The molecule has 0 aliphatic heterocycles. The van der Waals surface area contributed by atoms with Gasteiger partial charge in [0.1, 0.15) is 18.1 Å². The lowest BCUT2D eigenvalue weighted by molar-refractivity contribution is -0.129. The van der Waals surface area contributed by atoms with E-state index in [1.807, 2.05) is 6.08 Å². The molecule has 5 aliphatic carbocycles. The van der Waals surface area contributed by atoms with E-state index in [4.69, 9.17) is 4.74 Å². The molecule has 5 aliphatic rings. The Bertz CT molecular complexity index is 966. The van der Waals surface area contributed by atoms with Crippen molar-refractivity contribution >= 4 is 11.6 Å². The highest BCUT2D eigenvalue weighted by atomic mass is 16.5. The van der Waals surface area contributed by atoms with Gasteiger partial charge in [0.15, 0.2) is 5.78 Å². The second-order valence-electron chi connectivity index (χ2n) is 11.3. The topological polar surface area (TPSA) is 46.6 Å². The van der Waals surface area contributed by atoms with Gasteiger partial charge in [0.2, 0.25) is 0 Å². The van der Waals surface area contributed by atoms with E-state index in [0.29, 0.717) is 35.9 Å². The Morgan fingerprint density at radius 3 is 2.62 bits per heavy atom. The fourth-order valence-corrected chi connectivity index (χ4v) is 7.73. The van der Waals surface area contributed by atoms with Gasteiger partial charge in [-0.15, -0.1) is 0 Å². The number of rotatable bonds is 7. The van der Waals surface area contributed by atoms with Crippen LogP contribution in [0.15, 0.2) is 46.8 Å². The normalized spacial score (nSPS) is 35.1. The Morgan fingerprint density at radius 2 is 1.88 bits per heavy atom. The predicted molar refractivity (Wildman–Crippen MR) is 135 cm³/mol. The lowest BCUT2D eigenvalue weighted by atomic mass is 9.52. The van der Waals surface area contributed by atoms with Crippen LogP contribution in [0.3, 0.4) is 0 Å². The summed E-state index contributed by atoms with van der Waals surface area (Å²) in [6.45, 7) is 10.4. The molecule has 0 spiro atoms. The highest BCUT2D eigenvalue weighted by molar-refractivity contribution is 5.93. The van der Waals surface area contributed by atoms with E-state index in [2.05, 4.69) is 43.9 Å². The summed E-state index contributed by atoms with van der Waals surface area (Å²) in [5, 5.41) is 0. The van der Waals surface area contributed by atoms with E-state index < -0.39 is 0 Å². The molecule has 0 bridgehead atoms. The highest BCUT2D eigenvalue weighted by Crippen LogP contribution is 2.62. The zero-order chi connectivity index (χ0) is 23.9. The Morgan fingerprint density at radius 1 is 1.06 bits per heavy atom. The Labute approximate surface area is 205 Å². The van der Waals surface area contributed by atoms with Crippen molar-refractivity contribution in [1.29, 1.82) is 0 Å². The average molecular weight is 464 g/mol. The van der Waals surface area contributed by atoms with Crippen LogP contribution in [0.1, 0.15) is 72.1 Å². The number of hydrogen-bond donors (Lipinski definition) is 0. The van der Waals surface area contributed by atoms with Gasteiger partial charge in [-0.05, 0) is 105 Å². The molecule has 0 heterocycles. The zero-order valence-electron chi connectivity index (χ0n) is 21.3. The summed E-state index contributed by atoms with van der Waals surface area (Å²) in [6.07, 6.45) is 16.1. The number of ketones is 2. The van der Waals surface area contributed by atoms with Crippen LogP contribution in [0.25, 0.3) is 0 Å². The lowest BCUT2D eigenvalue weighted by Crippen LogP contribution is -2.46. The fraction of sp³-hybridized carbons (Fsp3) is 0.667. The number of carbonyl (C=O) groups excluding carboxylic acids is 2. The number of ether oxygens (including phenoxy) is 1. The molecule has 3 unspecified atom stereocenters. The minimum absolute atomic E-state index is 0.177. The molecule has 5 rings (SSSR count). The van der Waals surface area contributed by atoms with Crippen LogP contribution in [0, 0.1) is 29.1 Å². The monoisotopic (exact) mass is 463 g/mol. The molecule has 184 valence electrons. The third kappa shape index (κ3) is 4.17. The number of Topliss-reactive ketones (excluding diaryl/α,β-unsaturated/α-hetero) is 1. The minimum atomic E-state index is -0.177. The zero-order valence-corrected chi connectivity index (χ0v) is 21.3. The van der Waals surface area contributed by atoms with Gasteiger partial charge in [0.05, 0.1) is 0 Å². The molecule has 0 N–H and O–H groups in total. The first-order valence-electron chi connectivity index (χ1n) is 13.7. The number of nitrogens with zero attached hydrogens (tertiary/aromatic N) is 1. The third-order valence-electron chi connectivity index (χ3n) is 9.67. The molecule has 2 saturated carbocycles. The second kappa shape index (κ2) is 9.60. The van der Waals surface area contributed by atoms with Crippen molar-refractivity contribution in [2.24, 2.45) is 29.1 Å². The smallest absolute Gasteiger partial charge is 0.156 e. The van der Waals surface area contributed by atoms with Crippen LogP contribution in [0.2, 0.25) is 0 Å². The molecule has 4 heteroatoms. The molecule has 0 aromatic heterocycles. The molecule has 34 heavy (non-hydrogen) atoms. The van der Waals surface area contributed by atoms with Crippen molar-refractivity contribution in [3.63, 3.8) is 0 Å². The van der Waals surface area contributed by atoms with Crippen LogP contribution in [0.4, 0.5) is 0 Å². The maximum atomic E-state index is 13.1. The van der Waals surface area contributed by atoms with Gasteiger partial charge in [-0.1, -0.05) is 32.4 Å². The van der Waals surface area contributed by atoms with Gasteiger partial charge in [0.25, 0.3) is 0 Å². The molecule has 0 saturated heterocycles. The molecule has 0 aromatic rings. The molecule has 4 nitrogen and oxygen atoms in total. The molecule has 0 aromatic carbocycles. The summed E-state index contributed by atoms with van der Waals surface area (Å²) >= 11 is 0. The first-order chi connectivity index (χ1) is 16.4. The number of carbonyl (C=O) groups is 2. The minimum Gasteiger partial charge on any atom is -0.493 e. The summed E-state index contributed by atoms with van der Waals surface area (Å²) < 4.78 is 6.08.